The van der Waals surface area contributed by atoms with Crippen LogP contribution in [0.15, 0.2) is 41.6 Å². The summed E-state index contributed by atoms with van der Waals surface area (Å²) >= 11 is 5.90. The summed E-state index contributed by atoms with van der Waals surface area (Å²) in [6.07, 6.45) is 3.29. The van der Waals surface area contributed by atoms with Crippen LogP contribution in [-0.4, -0.2) is 23.7 Å². The highest BCUT2D eigenvalue weighted by Crippen LogP contribution is 2.20. The summed E-state index contributed by atoms with van der Waals surface area (Å²) in [5.41, 5.74) is 4.08. The van der Waals surface area contributed by atoms with Gasteiger partial charge in [-0.1, -0.05) is 11.6 Å². The van der Waals surface area contributed by atoms with E-state index >= 15 is 0 Å². The van der Waals surface area contributed by atoms with Crippen LogP contribution in [0.25, 0.3) is 0 Å². The zero-order chi connectivity index (χ0) is 14.4. The summed E-state index contributed by atoms with van der Waals surface area (Å²) in [6.45, 7) is 1.76. The van der Waals surface area contributed by atoms with Gasteiger partial charge < -0.3 is 9.72 Å². The number of ether oxygens (including phenoxy) is 1. The van der Waals surface area contributed by atoms with Gasteiger partial charge in [-0.3, -0.25) is 4.79 Å². The molecule has 0 aliphatic rings. The van der Waals surface area contributed by atoms with E-state index in [1.165, 1.54) is 6.21 Å². The maximum absolute atomic E-state index is 11.5. The predicted molar refractivity (Wildman–Crippen MR) is 78.2 cm³/mol. The molecule has 0 atom stereocenters. The summed E-state index contributed by atoms with van der Waals surface area (Å²) in [4.78, 5) is 14.4. The van der Waals surface area contributed by atoms with E-state index in [-0.39, 0.29) is 12.5 Å². The van der Waals surface area contributed by atoms with Gasteiger partial charge in [0.25, 0.3) is 5.91 Å². The SMILES string of the molecule is Cc1cc(OCC(=O)NN=Cc2ccc[nH]2)ccc1Cl. The van der Waals surface area contributed by atoms with Crippen LogP contribution >= 0.6 is 11.6 Å². The Balaban J connectivity index is 1.78. The van der Waals surface area contributed by atoms with Gasteiger partial charge in [0.05, 0.1) is 11.9 Å². The Morgan fingerprint density at radius 2 is 2.35 bits per heavy atom. The molecule has 0 unspecified atom stereocenters. The number of hydrazone groups is 1. The fourth-order valence-corrected chi connectivity index (χ4v) is 1.60. The van der Waals surface area contributed by atoms with E-state index in [9.17, 15) is 4.79 Å². The van der Waals surface area contributed by atoms with Crippen molar-refractivity contribution in [2.45, 2.75) is 6.92 Å². The minimum atomic E-state index is -0.333. The minimum absolute atomic E-state index is 0.108. The van der Waals surface area contributed by atoms with Gasteiger partial charge in [0, 0.05) is 11.2 Å². The number of hydrogen-bond acceptors (Lipinski definition) is 3. The number of hydrogen-bond donors (Lipinski definition) is 2. The topological polar surface area (TPSA) is 66.5 Å². The van der Waals surface area contributed by atoms with Crippen LogP contribution in [0.5, 0.6) is 5.75 Å². The number of amides is 1. The minimum Gasteiger partial charge on any atom is -0.484 e. The Morgan fingerprint density at radius 3 is 3.05 bits per heavy atom. The molecular weight excluding hydrogens is 278 g/mol. The molecule has 0 bridgehead atoms. The molecule has 1 heterocycles. The van der Waals surface area contributed by atoms with Crippen LogP contribution in [0.2, 0.25) is 5.02 Å². The van der Waals surface area contributed by atoms with E-state index in [0.29, 0.717) is 10.8 Å². The van der Waals surface area contributed by atoms with E-state index in [4.69, 9.17) is 16.3 Å². The van der Waals surface area contributed by atoms with E-state index in [2.05, 4.69) is 15.5 Å². The van der Waals surface area contributed by atoms with Crippen molar-refractivity contribution < 1.29 is 9.53 Å². The van der Waals surface area contributed by atoms with Crippen LogP contribution in [0.1, 0.15) is 11.3 Å². The van der Waals surface area contributed by atoms with Gasteiger partial charge in [0.1, 0.15) is 5.75 Å². The molecule has 0 spiro atoms. The fourth-order valence-electron chi connectivity index (χ4n) is 1.49. The Kier molecular flexibility index (Phi) is 4.79. The third-order valence-electron chi connectivity index (χ3n) is 2.51. The maximum Gasteiger partial charge on any atom is 0.277 e. The van der Waals surface area contributed by atoms with Crippen molar-refractivity contribution >= 4 is 23.7 Å². The summed E-state index contributed by atoms with van der Waals surface area (Å²) in [5.74, 6) is 0.260. The molecule has 1 aromatic carbocycles. The normalized spacial score (nSPS) is 10.7. The number of nitrogens with one attached hydrogen (secondary N) is 2. The highest BCUT2D eigenvalue weighted by molar-refractivity contribution is 6.31. The number of H-pyrrole nitrogens is 1. The Hall–Kier alpha value is -2.27. The number of nitrogens with zero attached hydrogens (tertiary/aromatic N) is 1. The smallest absolute Gasteiger partial charge is 0.277 e. The van der Waals surface area contributed by atoms with Gasteiger partial charge in [-0.2, -0.15) is 5.10 Å². The highest BCUT2D eigenvalue weighted by atomic mass is 35.5. The summed E-state index contributed by atoms with van der Waals surface area (Å²) in [7, 11) is 0. The number of carbonyl (C=O) groups excluding carboxylic acids is 1. The first-order valence-electron chi connectivity index (χ1n) is 5.99. The van der Waals surface area contributed by atoms with Crippen LogP contribution < -0.4 is 10.2 Å². The Labute approximate surface area is 121 Å². The molecule has 1 amide bonds. The zero-order valence-electron chi connectivity index (χ0n) is 10.9. The van der Waals surface area contributed by atoms with Crippen molar-refractivity contribution in [2.75, 3.05) is 6.61 Å². The molecular formula is C14H14ClN3O2. The zero-order valence-corrected chi connectivity index (χ0v) is 11.6. The van der Waals surface area contributed by atoms with E-state index < -0.39 is 0 Å². The first-order chi connectivity index (χ1) is 9.65. The summed E-state index contributed by atoms with van der Waals surface area (Å²) in [5, 5.41) is 4.47. The molecule has 0 saturated carbocycles. The lowest BCUT2D eigenvalue weighted by molar-refractivity contribution is -0.123. The van der Waals surface area contributed by atoms with Gasteiger partial charge >= 0.3 is 0 Å². The van der Waals surface area contributed by atoms with Gasteiger partial charge in [0.2, 0.25) is 0 Å². The monoisotopic (exact) mass is 291 g/mol. The van der Waals surface area contributed by atoms with Crippen LogP contribution in [0.3, 0.4) is 0 Å². The molecule has 2 N–H and O–H groups in total. The number of aromatic amines is 1. The second-order valence-corrected chi connectivity index (χ2v) is 4.53. The number of carbonyl (C=O) groups is 1. The van der Waals surface area contributed by atoms with Crippen molar-refractivity contribution in [1.82, 2.24) is 10.4 Å². The maximum atomic E-state index is 11.5. The van der Waals surface area contributed by atoms with Gasteiger partial charge in [-0.15, -0.1) is 0 Å². The number of aryl methyl sites for hydroxylation is 1. The molecule has 5 nitrogen and oxygen atoms in total. The molecule has 104 valence electrons. The van der Waals surface area contributed by atoms with Gasteiger partial charge in [0.15, 0.2) is 6.61 Å². The lowest BCUT2D eigenvalue weighted by Crippen LogP contribution is -2.24. The summed E-state index contributed by atoms with van der Waals surface area (Å²) < 4.78 is 5.34. The van der Waals surface area contributed by atoms with Gasteiger partial charge in [-0.25, -0.2) is 5.43 Å². The van der Waals surface area contributed by atoms with E-state index in [0.717, 1.165) is 11.3 Å². The molecule has 20 heavy (non-hydrogen) atoms. The van der Waals surface area contributed by atoms with Crippen LogP contribution in [0.4, 0.5) is 0 Å². The highest BCUT2D eigenvalue weighted by Gasteiger charge is 2.03. The molecule has 0 fully saturated rings. The molecule has 0 aliphatic heterocycles. The summed E-state index contributed by atoms with van der Waals surface area (Å²) in [6, 6.07) is 8.90. The molecule has 2 aromatic rings. The second kappa shape index (κ2) is 6.77. The van der Waals surface area contributed by atoms with Crippen molar-refractivity contribution in [3.8, 4) is 5.75 Å². The average molecular weight is 292 g/mol. The fraction of sp³-hybridized carbons (Fsp3) is 0.143. The number of benzene rings is 1. The first-order valence-corrected chi connectivity index (χ1v) is 6.37. The Morgan fingerprint density at radius 1 is 1.50 bits per heavy atom. The predicted octanol–water partition coefficient (Wildman–Crippen LogP) is 2.51. The average Bonchev–Trinajstić information content (AvgIpc) is 2.93. The molecule has 2 rings (SSSR count). The third-order valence-corrected chi connectivity index (χ3v) is 2.94. The van der Waals surface area contributed by atoms with E-state index in [1.807, 2.05) is 19.1 Å². The number of rotatable bonds is 5. The van der Waals surface area contributed by atoms with E-state index in [1.54, 1.807) is 24.4 Å². The molecule has 6 heteroatoms. The standard InChI is InChI=1S/C14H14ClN3O2/c1-10-7-12(4-5-13(10)15)20-9-14(19)18-17-8-11-3-2-6-16-11/h2-8,16H,9H2,1H3,(H,18,19). The lowest BCUT2D eigenvalue weighted by Gasteiger charge is -2.06. The number of halogens is 1. The molecule has 0 saturated heterocycles. The van der Waals surface area contributed by atoms with Crippen molar-refractivity contribution in [1.29, 1.82) is 0 Å². The lowest BCUT2D eigenvalue weighted by atomic mass is 10.2. The molecule has 0 aliphatic carbocycles. The first kappa shape index (κ1) is 14.1. The van der Waals surface area contributed by atoms with Crippen molar-refractivity contribution in [3.05, 3.63) is 52.8 Å². The van der Waals surface area contributed by atoms with Gasteiger partial charge in [-0.05, 0) is 42.8 Å². The van der Waals surface area contributed by atoms with Crippen molar-refractivity contribution in [2.24, 2.45) is 5.10 Å². The Bertz CT molecular complexity index is 609. The largest absolute Gasteiger partial charge is 0.484 e. The third kappa shape index (κ3) is 4.13. The molecule has 0 radical (unpaired) electrons. The van der Waals surface area contributed by atoms with Crippen LogP contribution in [0, 0.1) is 6.92 Å². The number of aromatic nitrogens is 1. The molecule has 1 aromatic heterocycles. The quantitative estimate of drug-likeness (QED) is 0.656. The van der Waals surface area contributed by atoms with Crippen molar-refractivity contribution in [3.63, 3.8) is 0 Å². The second-order valence-electron chi connectivity index (χ2n) is 4.12. The van der Waals surface area contributed by atoms with Crippen LogP contribution in [-0.2, 0) is 4.79 Å².